The van der Waals surface area contributed by atoms with Crippen LogP contribution in [0.4, 0.5) is 0 Å². The highest BCUT2D eigenvalue weighted by Crippen LogP contribution is 2.10. The van der Waals surface area contributed by atoms with Crippen LogP contribution in [0.2, 0.25) is 0 Å². The van der Waals surface area contributed by atoms with Crippen LogP contribution in [-0.4, -0.2) is 25.3 Å². The van der Waals surface area contributed by atoms with Crippen molar-refractivity contribution in [2.45, 2.75) is 0 Å². The average molecular weight is 367 g/mol. The molecule has 1 aliphatic rings. The minimum Gasteiger partial charge on any atom is -0.353 e. The van der Waals surface area contributed by atoms with Crippen molar-refractivity contribution in [1.82, 2.24) is 10.7 Å². The maximum absolute atomic E-state index is 4.20. The Bertz CT molecular complexity index is 798. The predicted octanol–water partition coefficient (Wildman–Crippen LogP) is 2.73. The van der Waals surface area contributed by atoms with Crippen LogP contribution in [0.5, 0.6) is 0 Å². The molecule has 0 bridgehead atoms. The molecular weight excluding hydrogens is 352 g/mol. The van der Waals surface area contributed by atoms with E-state index in [1.807, 2.05) is 48.5 Å². The van der Waals surface area contributed by atoms with Gasteiger partial charge in [0, 0.05) is 22.1 Å². The fraction of sp³-hybridized carbons (Fsp3) is 0.111. The van der Waals surface area contributed by atoms with Crippen LogP contribution in [0, 0.1) is 11.8 Å². The van der Waals surface area contributed by atoms with E-state index < -0.39 is 0 Å². The highest BCUT2D eigenvalue weighted by molar-refractivity contribution is 9.10. The number of hydrazone groups is 1. The van der Waals surface area contributed by atoms with Gasteiger partial charge in [0.15, 0.2) is 0 Å². The summed E-state index contributed by atoms with van der Waals surface area (Å²) in [4.78, 5) is 4.20. The molecule has 0 atom stereocenters. The van der Waals surface area contributed by atoms with Crippen molar-refractivity contribution in [2.75, 3.05) is 13.1 Å². The van der Waals surface area contributed by atoms with Crippen molar-refractivity contribution in [2.24, 2.45) is 10.1 Å². The third kappa shape index (κ3) is 4.70. The summed E-state index contributed by atoms with van der Waals surface area (Å²) in [6.07, 6.45) is 1.76. The highest BCUT2D eigenvalue weighted by Gasteiger charge is 2.01. The van der Waals surface area contributed by atoms with Gasteiger partial charge in [-0.1, -0.05) is 46.0 Å². The van der Waals surface area contributed by atoms with Gasteiger partial charge in [0.05, 0.1) is 12.8 Å². The van der Waals surface area contributed by atoms with Gasteiger partial charge in [-0.05, 0) is 35.9 Å². The normalized spacial score (nSPS) is 13.2. The van der Waals surface area contributed by atoms with E-state index in [1.54, 1.807) is 6.21 Å². The van der Waals surface area contributed by atoms with E-state index in [0.29, 0.717) is 0 Å². The first-order valence-electron chi connectivity index (χ1n) is 7.25. The maximum Gasteiger partial charge on any atom is 0.212 e. The standard InChI is InChI=1S/C18H15BrN4/c19-17-3-1-2-15(12-17)7-4-14-5-8-16(9-6-14)13-22-23-18-20-10-11-21-18/h1-3,5-6,8-9,12-13H,10-11H2,(H2,20,21,23)/b22-13+. The van der Waals surface area contributed by atoms with Crippen LogP contribution in [0.1, 0.15) is 16.7 Å². The molecule has 3 rings (SSSR count). The molecule has 0 amide bonds. The molecule has 114 valence electrons. The molecule has 0 aromatic heterocycles. The fourth-order valence-corrected chi connectivity index (χ4v) is 2.40. The zero-order valence-corrected chi connectivity index (χ0v) is 14.0. The molecular formula is C18H15BrN4. The number of guanidine groups is 1. The molecule has 0 unspecified atom stereocenters. The molecule has 1 aliphatic heterocycles. The summed E-state index contributed by atoms with van der Waals surface area (Å²) in [5.41, 5.74) is 5.83. The van der Waals surface area contributed by atoms with Crippen LogP contribution in [0.15, 0.2) is 63.1 Å². The average Bonchev–Trinajstić information content (AvgIpc) is 3.08. The summed E-state index contributed by atoms with van der Waals surface area (Å²) in [5.74, 6) is 7.03. The van der Waals surface area contributed by atoms with Gasteiger partial charge >= 0.3 is 0 Å². The van der Waals surface area contributed by atoms with Crippen molar-refractivity contribution in [1.29, 1.82) is 0 Å². The Morgan fingerprint density at radius 1 is 1.13 bits per heavy atom. The molecule has 5 heteroatoms. The summed E-state index contributed by atoms with van der Waals surface area (Å²) >= 11 is 3.45. The van der Waals surface area contributed by atoms with Crippen LogP contribution in [-0.2, 0) is 0 Å². The van der Waals surface area contributed by atoms with Gasteiger partial charge in [-0.25, -0.2) is 10.4 Å². The largest absolute Gasteiger partial charge is 0.353 e. The Hall–Kier alpha value is -2.58. The molecule has 23 heavy (non-hydrogen) atoms. The summed E-state index contributed by atoms with van der Waals surface area (Å²) in [6, 6.07) is 15.9. The lowest BCUT2D eigenvalue weighted by Gasteiger charge is -1.99. The van der Waals surface area contributed by atoms with E-state index in [9.17, 15) is 0 Å². The minimum atomic E-state index is 0.720. The van der Waals surface area contributed by atoms with Crippen molar-refractivity contribution in [3.8, 4) is 11.8 Å². The molecule has 2 aromatic rings. The Labute approximate surface area is 143 Å². The zero-order valence-electron chi connectivity index (χ0n) is 12.4. The molecule has 0 saturated heterocycles. The molecule has 2 N–H and O–H groups in total. The van der Waals surface area contributed by atoms with Crippen LogP contribution in [0.25, 0.3) is 0 Å². The lowest BCUT2D eigenvalue weighted by atomic mass is 10.1. The van der Waals surface area contributed by atoms with E-state index >= 15 is 0 Å². The predicted molar refractivity (Wildman–Crippen MR) is 97.6 cm³/mol. The van der Waals surface area contributed by atoms with Crippen LogP contribution >= 0.6 is 15.9 Å². The number of halogens is 1. The second kappa shape index (κ2) is 7.61. The third-order valence-electron chi connectivity index (χ3n) is 3.14. The van der Waals surface area contributed by atoms with Gasteiger partial charge in [0.2, 0.25) is 5.96 Å². The van der Waals surface area contributed by atoms with Crippen molar-refractivity contribution >= 4 is 28.1 Å². The van der Waals surface area contributed by atoms with Gasteiger partial charge in [-0.15, -0.1) is 0 Å². The van der Waals surface area contributed by atoms with Gasteiger partial charge in [-0.3, -0.25) is 0 Å². The SMILES string of the molecule is Brc1cccc(C#Cc2ccc(/C=N/NC3=NCCN3)cc2)c1. The fourth-order valence-electron chi connectivity index (χ4n) is 2.00. The van der Waals surface area contributed by atoms with E-state index in [0.717, 1.165) is 40.2 Å². The molecule has 0 aliphatic carbocycles. The second-order valence-electron chi connectivity index (χ2n) is 4.91. The van der Waals surface area contributed by atoms with E-state index in [1.165, 1.54) is 0 Å². The Morgan fingerprint density at radius 2 is 1.96 bits per heavy atom. The van der Waals surface area contributed by atoms with Gasteiger partial charge in [0.25, 0.3) is 0 Å². The topological polar surface area (TPSA) is 48.8 Å². The van der Waals surface area contributed by atoms with Crippen molar-refractivity contribution in [3.63, 3.8) is 0 Å². The quantitative estimate of drug-likeness (QED) is 0.487. The number of rotatable bonds is 2. The Balaban J connectivity index is 1.62. The molecule has 0 radical (unpaired) electrons. The van der Waals surface area contributed by atoms with Crippen molar-refractivity contribution < 1.29 is 0 Å². The Morgan fingerprint density at radius 3 is 2.70 bits per heavy atom. The third-order valence-corrected chi connectivity index (χ3v) is 3.64. The van der Waals surface area contributed by atoms with Gasteiger partial charge < -0.3 is 5.32 Å². The molecule has 0 fully saturated rings. The lowest BCUT2D eigenvalue weighted by molar-refractivity contribution is 0.920. The van der Waals surface area contributed by atoms with E-state index in [4.69, 9.17) is 0 Å². The number of hydrogen-bond acceptors (Lipinski definition) is 4. The molecule has 1 heterocycles. The minimum absolute atomic E-state index is 0.720. The molecule has 2 aromatic carbocycles. The maximum atomic E-state index is 4.20. The van der Waals surface area contributed by atoms with Crippen LogP contribution in [0.3, 0.4) is 0 Å². The summed E-state index contributed by atoms with van der Waals surface area (Å²) in [7, 11) is 0. The van der Waals surface area contributed by atoms with Crippen LogP contribution < -0.4 is 10.7 Å². The lowest BCUT2D eigenvalue weighted by Crippen LogP contribution is -2.30. The molecule has 0 spiro atoms. The highest BCUT2D eigenvalue weighted by atomic mass is 79.9. The first-order chi connectivity index (χ1) is 11.3. The first kappa shape index (κ1) is 15.3. The molecule has 4 nitrogen and oxygen atoms in total. The summed E-state index contributed by atoms with van der Waals surface area (Å²) in [6.45, 7) is 1.66. The number of nitrogens with one attached hydrogen (secondary N) is 2. The number of aliphatic imine (C=N–C) groups is 1. The first-order valence-corrected chi connectivity index (χ1v) is 8.04. The summed E-state index contributed by atoms with van der Waals surface area (Å²) in [5, 5.41) is 7.24. The van der Waals surface area contributed by atoms with E-state index in [2.05, 4.69) is 48.6 Å². The van der Waals surface area contributed by atoms with Gasteiger partial charge in [0.1, 0.15) is 0 Å². The number of benzene rings is 2. The Kier molecular flexibility index (Phi) is 5.07. The van der Waals surface area contributed by atoms with Crippen molar-refractivity contribution in [3.05, 3.63) is 69.7 Å². The summed E-state index contributed by atoms with van der Waals surface area (Å²) < 4.78 is 1.03. The number of nitrogens with zero attached hydrogens (tertiary/aromatic N) is 2. The smallest absolute Gasteiger partial charge is 0.212 e. The van der Waals surface area contributed by atoms with E-state index in [-0.39, 0.29) is 0 Å². The monoisotopic (exact) mass is 366 g/mol. The zero-order chi connectivity index (χ0) is 15.9. The second-order valence-corrected chi connectivity index (χ2v) is 5.83. The molecule has 0 saturated carbocycles. The van der Waals surface area contributed by atoms with Gasteiger partial charge in [-0.2, -0.15) is 5.10 Å². The number of hydrogen-bond donors (Lipinski definition) is 2.